The zero-order chi connectivity index (χ0) is 12.3. The van der Waals surface area contributed by atoms with Crippen LogP contribution in [0.25, 0.3) is 0 Å². The van der Waals surface area contributed by atoms with Gasteiger partial charge in [-0.3, -0.25) is 9.69 Å². The summed E-state index contributed by atoms with van der Waals surface area (Å²) in [6.07, 6.45) is 5.85. The summed E-state index contributed by atoms with van der Waals surface area (Å²) in [5, 5.41) is 0. The molecule has 1 fully saturated rings. The first kappa shape index (κ1) is 12.3. The molecule has 94 valence electrons. The minimum atomic E-state index is 0.294. The lowest BCUT2D eigenvalue weighted by molar-refractivity contribution is -0.122. The molecule has 0 aromatic carbocycles. The second-order valence-electron chi connectivity index (χ2n) is 4.83. The Labute approximate surface area is 103 Å². The normalized spacial score (nSPS) is 18.5. The summed E-state index contributed by atoms with van der Waals surface area (Å²) in [5.41, 5.74) is 1.27. The van der Waals surface area contributed by atoms with Crippen molar-refractivity contribution in [2.45, 2.75) is 39.8 Å². The third-order valence-electron chi connectivity index (χ3n) is 3.69. The van der Waals surface area contributed by atoms with E-state index in [0.29, 0.717) is 11.7 Å². The van der Waals surface area contributed by atoms with Gasteiger partial charge in [0.15, 0.2) is 0 Å². The predicted octanol–water partition coefficient (Wildman–Crippen LogP) is 1.70. The molecule has 1 aromatic heterocycles. The molecular weight excluding hydrogens is 214 g/mol. The monoisotopic (exact) mass is 235 g/mol. The van der Waals surface area contributed by atoms with Gasteiger partial charge in [-0.15, -0.1) is 0 Å². The SMILES string of the molecule is CCn1cncc1CN1CCC(C(C)=O)CC1. The van der Waals surface area contributed by atoms with E-state index in [9.17, 15) is 4.79 Å². The number of imidazole rings is 1. The molecule has 0 N–H and O–H groups in total. The summed E-state index contributed by atoms with van der Waals surface area (Å²) >= 11 is 0. The second kappa shape index (κ2) is 5.45. The molecule has 1 aromatic rings. The third-order valence-corrected chi connectivity index (χ3v) is 3.69. The van der Waals surface area contributed by atoms with Crippen molar-refractivity contribution in [3.63, 3.8) is 0 Å². The number of Topliss-reactive ketones (excluding diaryl/α,β-unsaturated/α-hetero) is 1. The highest BCUT2D eigenvalue weighted by molar-refractivity contribution is 5.78. The number of aromatic nitrogens is 2. The minimum absolute atomic E-state index is 0.294. The van der Waals surface area contributed by atoms with Crippen LogP contribution in [-0.4, -0.2) is 33.3 Å². The van der Waals surface area contributed by atoms with Crippen LogP contribution in [0, 0.1) is 5.92 Å². The van der Waals surface area contributed by atoms with Gasteiger partial charge >= 0.3 is 0 Å². The summed E-state index contributed by atoms with van der Waals surface area (Å²) in [4.78, 5) is 17.9. The van der Waals surface area contributed by atoms with Crippen molar-refractivity contribution < 1.29 is 4.79 Å². The number of nitrogens with zero attached hydrogens (tertiary/aromatic N) is 3. The molecule has 1 saturated heterocycles. The number of hydrogen-bond acceptors (Lipinski definition) is 3. The van der Waals surface area contributed by atoms with Crippen LogP contribution in [0.3, 0.4) is 0 Å². The van der Waals surface area contributed by atoms with Crippen molar-refractivity contribution in [1.29, 1.82) is 0 Å². The number of ketones is 1. The molecule has 1 aliphatic heterocycles. The van der Waals surface area contributed by atoms with E-state index < -0.39 is 0 Å². The van der Waals surface area contributed by atoms with Crippen LogP contribution in [0.5, 0.6) is 0 Å². The summed E-state index contributed by atoms with van der Waals surface area (Å²) in [7, 11) is 0. The Morgan fingerprint density at radius 1 is 1.47 bits per heavy atom. The van der Waals surface area contributed by atoms with Gasteiger partial charge in [-0.05, 0) is 39.8 Å². The Morgan fingerprint density at radius 2 is 2.18 bits per heavy atom. The lowest BCUT2D eigenvalue weighted by Gasteiger charge is -2.30. The average molecular weight is 235 g/mol. The van der Waals surface area contributed by atoms with Gasteiger partial charge < -0.3 is 4.57 Å². The molecular formula is C13H21N3O. The van der Waals surface area contributed by atoms with E-state index in [1.165, 1.54) is 5.69 Å². The highest BCUT2D eigenvalue weighted by atomic mass is 16.1. The number of likely N-dealkylation sites (tertiary alicyclic amines) is 1. The fourth-order valence-corrected chi connectivity index (χ4v) is 2.49. The molecule has 0 unspecified atom stereocenters. The fraction of sp³-hybridized carbons (Fsp3) is 0.692. The standard InChI is InChI=1S/C13H21N3O/c1-3-16-10-14-8-13(16)9-15-6-4-12(5-7-15)11(2)17/h8,10,12H,3-7,9H2,1-2H3. The van der Waals surface area contributed by atoms with Crippen molar-refractivity contribution in [1.82, 2.24) is 14.5 Å². The Balaban J connectivity index is 1.88. The van der Waals surface area contributed by atoms with Crippen molar-refractivity contribution in [2.75, 3.05) is 13.1 Å². The largest absolute Gasteiger partial charge is 0.334 e. The van der Waals surface area contributed by atoms with E-state index in [1.54, 1.807) is 6.92 Å². The molecule has 0 saturated carbocycles. The molecule has 1 aliphatic rings. The molecule has 0 aliphatic carbocycles. The van der Waals surface area contributed by atoms with Gasteiger partial charge in [0, 0.05) is 25.2 Å². The van der Waals surface area contributed by atoms with Crippen LogP contribution in [0.15, 0.2) is 12.5 Å². The second-order valence-corrected chi connectivity index (χ2v) is 4.83. The van der Waals surface area contributed by atoms with Crippen LogP contribution >= 0.6 is 0 Å². The smallest absolute Gasteiger partial charge is 0.133 e. The molecule has 2 rings (SSSR count). The predicted molar refractivity (Wildman–Crippen MR) is 66.6 cm³/mol. The van der Waals surface area contributed by atoms with Crippen LogP contribution < -0.4 is 0 Å². The van der Waals surface area contributed by atoms with Crippen molar-refractivity contribution in [3.05, 3.63) is 18.2 Å². The van der Waals surface area contributed by atoms with Crippen LogP contribution in [-0.2, 0) is 17.9 Å². The zero-order valence-electron chi connectivity index (χ0n) is 10.7. The van der Waals surface area contributed by atoms with Crippen LogP contribution in [0.2, 0.25) is 0 Å². The molecule has 17 heavy (non-hydrogen) atoms. The topological polar surface area (TPSA) is 38.1 Å². The lowest BCUT2D eigenvalue weighted by Crippen LogP contribution is -2.35. The number of hydrogen-bond donors (Lipinski definition) is 0. The average Bonchev–Trinajstić information content (AvgIpc) is 2.77. The number of carbonyl (C=O) groups is 1. The van der Waals surface area contributed by atoms with E-state index in [4.69, 9.17) is 0 Å². The molecule has 0 bridgehead atoms. The molecule has 4 nitrogen and oxygen atoms in total. The number of carbonyl (C=O) groups excluding carboxylic acids is 1. The van der Waals surface area contributed by atoms with E-state index >= 15 is 0 Å². The van der Waals surface area contributed by atoms with Gasteiger partial charge in [-0.25, -0.2) is 4.98 Å². The fourth-order valence-electron chi connectivity index (χ4n) is 2.49. The molecule has 4 heteroatoms. The van der Waals surface area contributed by atoms with Crippen molar-refractivity contribution in [3.8, 4) is 0 Å². The minimum Gasteiger partial charge on any atom is -0.334 e. The first-order valence-electron chi connectivity index (χ1n) is 6.42. The van der Waals surface area contributed by atoms with E-state index in [1.807, 2.05) is 12.5 Å². The summed E-state index contributed by atoms with van der Waals surface area (Å²) in [6, 6.07) is 0. The Hall–Kier alpha value is -1.16. The molecule has 0 atom stereocenters. The lowest BCUT2D eigenvalue weighted by atomic mass is 9.93. The molecule has 0 amide bonds. The zero-order valence-corrected chi connectivity index (χ0v) is 10.7. The first-order valence-corrected chi connectivity index (χ1v) is 6.42. The van der Waals surface area contributed by atoms with E-state index in [2.05, 4.69) is 21.4 Å². The van der Waals surface area contributed by atoms with Gasteiger partial charge in [-0.2, -0.15) is 0 Å². The van der Waals surface area contributed by atoms with Crippen molar-refractivity contribution >= 4 is 5.78 Å². The van der Waals surface area contributed by atoms with Crippen LogP contribution in [0.1, 0.15) is 32.4 Å². The molecule has 0 radical (unpaired) electrons. The van der Waals surface area contributed by atoms with Gasteiger partial charge in [-0.1, -0.05) is 0 Å². The maximum Gasteiger partial charge on any atom is 0.133 e. The maximum atomic E-state index is 11.3. The highest BCUT2D eigenvalue weighted by Gasteiger charge is 2.22. The van der Waals surface area contributed by atoms with Crippen LogP contribution in [0.4, 0.5) is 0 Å². The van der Waals surface area contributed by atoms with Gasteiger partial charge in [0.25, 0.3) is 0 Å². The Kier molecular flexibility index (Phi) is 3.94. The number of piperidine rings is 1. The van der Waals surface area contributed by atoms with Gasteiger partial charge in [0.2, 0.25) is 0 Å². The number of aryl methyl sites for hydroxylation is 1. The van der Waals surface area contributed by atoms with E-state index in [0.717, 1.165) is 39.0 Å². The van der Waals surface area contributed by atoms with Gasteiger partial charge in [0.1, 0.15) is 5.78 Å². The Morgan fingerprint density at radius 3 is 2.76 bits per heavy atom. The van der Waals surface area contributed by atoms with Crippen molar-refractivity contribution in [2.24, 2.45) is 5.92 Å². The molecule has 0 spiro atoms. The third kappa shape index (κ3) is 2.94. The quantitative estimate of drug-likeness (QED) is 0.797. The van der Waals surface area contributed by atoms with Gasteiger partial charge in [0.05, 0.1) is 12.0 Å². The summed E-state index contributed by atoms with van der Waals surface area (Å²) < 4.78 is 2.18. The maximum absolute atomic E-state index is 11.3. The Bertz CT molecular complexity index is 378. The highest BCUT2D eigenvalue weighted by Crippen LogP contribution is 2.19. The number of rotatable bonds is 4. The first-order chi connectivity index (χ1) is 8.20. The summed E-state index contributed by atoms with van der Waals surface area (Å²) in [5.74, 6) is 0.644. The summed E-state index contributed by atoms with van der Waals surface area (Å²) in [6.45, 7) is 7.83. The molecule has 2 heterocycles. The van der Waals surface area contributed by atoms with E-state index in [-0.39, 0.29) is 0 Å².